The van der Waals surface area contributed by atoms with E-state index in [0.29, 0.717) is 11.2 Å². The number of carboxylic acid groups (broad SMARTS) is 1. The van der Waals surface area contributed by atoms with E-state index in [1.54, 1.807) is 24.3 Å². The normalized spacial score (nSPS) is 11.3. The van der Waals surface area contributed by atoms with Gasteiger partial charge in [-0.1, -0.05) is 18.2 Å². The molecule has 1 heterocycles. The Hall–Kier alpha value is -3.16. The molecule has 0 amide bonds. The number of fused-ring (bicyclic) bond motifs is 1. The van der Waals surface area contributed by atoms with Gasteiger partial charge in [-0.15, -0.1) is 0 Å². The highest BCUT2D eigenvalue weighted by Gasteiger charge is 2.08. The molecule has 0 aliphatic heterocycles. The summed E-state index contributed by atoms with van der Waals surface area (Å²) in [5, 5.41) is 9.69. The number of nitrogens with zero attached hydrogens (tertiary/aromatic N) is 3. The Bertz CT molecular complexity index is 734. The van der Waals surface area contributed by atoms with E-state index in [0.717, 1.165) is 5.39 Å². The van der Waals surface area contributed by atoms with Crippen molar-refractivity contribution in [2.24, 2.45) is 27.2 Å². The first-order chi connectivity index (χ1) is 9.47. The molecular weight excluding hydrogens is 260 g/mol. The molecule has 0 aliphatic rings. The minimum absolute atomic E-state index is 0.0828. The first-order valence-electron chi connectivity index (χ1n) is 5.54. The number of aromatic nitrogens is 1. The summed E-state index contributed by atoms with van der Waals surface area (Å²) in [6.45, 7) is 0. The van der Waals surface area contributed by atoms with Crippen LogP contribution in [-0.4, -0.2) is 28.0 Å². The number of carbonyl (C=O) groups is 1. The number of hydrogen-bond donors (Lipinski definition) is 4. The van der Waals surface area contributed by atoms with Gasteiger partial charge in [-0.25, -0.2) is 14.8 Å². The fraction of sp³-hybridized carbons (Fsp3) is 0. The molecule has 0 fully saturated rings. The maximum absolute atomic E-state index is 10.9. The van der Waals surface area contributed by atoms with E-state index in [9.17, 15) is 4.79 Å². The molecule has 7 N–H and O–H groups in total. The number of carboxylic acids is 1. The Kier molecular flexibility index (Phi) is 3.47. The highest BCUT2D eigenvalue weighted by atomic mass is 16.4. The summed E-state index contributed by atoms with van der Waals surface area (Å²) in [7, 11) is 0. The lowest BCUT2D eigenvalue weighted by Gasteiger charge is -2.03. The van der Waals surface area contributed by atoms with E-state index >= 15 is 0 Å². The molecule has 0 aliphatic carbocycles. The zero-order valence-corrected chi connectivity index (χ0v) is 10.3. The fourth-order valence-corrected chi connectivity index (χ4v) is 1.62. The number of benzene rings is 1. The third-order valence-electron chi connectivity index (χ3n) is 2.40. The Balaban J connectivity index is 2.61. The summed E-state index contributed by atoms with van der Waals surface area (Å²) in [5.74, 6) is -1.48. The molecule has 8 heteroatoms. The SMILES string of the molecule is NC(N)=NC(N)=Nc1cccc2ccc(C(=O)O)nc12. The Morgan fingerprint density at radius 3 is 2.55 bits per heavy atom. The molecular formula is C12H12N6O2. The van der Waals surface area contributed by atoms with Crippen molar-refractivity contribution in [3.8, 4) is 0 Å². The molecule has 102 valence electrons. The predicted octanol–water partition coefficient (Wildman–Crippen LogP) is 0.153. The van der Waals surface area contributed by atoms with Crippen LogP contribution < -0.4 is 17.2 Å². The minimum Gasteiger partial charge on any atom is -0.477 e. The number of hydrogen-bond acceptors (Lipinski definition) is 3. The highest BCUT2D eigenvalue weighted by molar-refractivity contribution is 5.98. The van der Waals surface area contributed by atoms with Crippen molar-refractivity contribution >= 4 is 34.5 Å². The van der Waals surface area contributed by atoms with Gasteiger partial charge in [0.05, 0.1) is 11.2 Å². The van der Waals surface area contributed by atoms with Crippen molar-refractivity contribution in [2.75, 3.05) is 0 Å². The summed E-state index contributed by atoms with van der Waals surface area (Å²) in [5.41, 5.74) is 16.7. The van der Waals surface area contributed by atoms with E-state index in [1.807, 2.05) is 0 Å². The van der Waals surface area contributed by atoms with Crippen LogP contribution in [0.25, 0.3) is 10.9 Å². The van der Waals surface area contributed by atoms with Gasteiger partial charge in [0.15, 0.2) is 5.96 Å². The summed E-state index contributed by atoms with van der Waals surface area (Å²) in [6, 6.07) is 8.21. The van der Waals surface area contributed by atoms with Crippen LogP contribution >= 0.6 is 0 Å². The zero-order chi connectivity index (χ0) is 14.7. The van der Waals surface area contributed by atoms with Gasteiger partial charge in [0.1, 0.15) is 5.69 Å². The molecule has 0 bridgehead atoms. The van der Waals surface area contributed by atoms with Crippen molar-refractivity contribution in [1.29, 1.82) is 0 Å². The van der Waals surface area contributed by atoms with Crippen molar-refractivity contribution < 1.29 is 9.90 Å². The Morgan fingerprint density at radius 2 is 1.90 bits per heavy atom. The minimum atomic E-state index is -1.12. The summed E-state index contributed by atoms with van der Waals surface area (Å²) in [6.07, 6.45) is 0. The lowest BCUT2D eigenvalue weighted by molar-refractivity contribution is 0.0691. The first-order valence-corrected chi connectivity index (χ1v) is 5.54. The van der Waals surface area contributed by atoms with E-state index in [-0.39, 0.29) is 17.6 Å². The second-order valence-electron chi connectivity index (χ2n) is 3.86. The predicted molar refractivity (Wildman–Crippen MR) is 75.8 cm³/mol. The maximum atomic E-state index is 10.9. The molecule has 8 nitrogen and oxygen atoms in total. The molecule has 0 radical (unpaired) electrons. The van der Waals surface area contributed by atoms with Crippen LogP contribution in [0.5, 0.6) is 0 Å². The number of guanidine groups is 2. The molecule has 0 unspecified atom stereocenters. The number of aromatic carboxylic acids is 1. The molecule has 2 rings (SSSR count). The number of para-hydroxylation sites is 1. The smallest absolute Gasteiger partial charge is 0.354 e. The molecule has 1 aromatic heterocycles. The first kappa shape index (κ1) is 13.3. The molecule has 0 saturated carbocycles. The number of aliphatic imine (C=N–C) groups is 2. The van der Waals surface area contributed by atoms with Gasteiger partial charge in [-0.05, 0) is 12.1 Å². The van der Waals surface area contributed by atoms with Gasteiger partial charge in [0.25, 0.3) is 0 Å². The lowest BCUT2D eigenvalue weighted by atomic mass is 10.2. The summed E-state index contributed by atoms with van der Waals surface area (Å²) < 4.78 is 0. The topological polar surface area (TPSA) is 153 Å². The Morgan fingerprint density at radius 1 is 1.15 bits per heavy atom. The van der Waals surface area contributed by atoms with Gasteiger partial charge < -0.3 is 22.3 Å². The second-order valence-corrected chi connectivity index (χ2v) is 3.86. The molecule has 0 atom stereocenters. The van der Waals surface area contributed by atoms with Crippen LogP contribution in [0.2, 0.25) is 0 Å². The van der Waals surface area contributed by atoms with Gasteiger partial charge >= 0.3 is 5.97 Å². The fourth-order valence-electron chi connectivity index (χ4n) is 1.62. The van der Waals surface area contributed by atoms with E-state index in [2.05, 4.69) is 15.0 Å². The second kappa shape index (κ2) is 5.22. The quantitative estimate of drug-likeness (QED) is 0.451. The van der Waals surface area contributed by atoms with Gasteiger partial charge in [-0.2, -0.15) is 4.99 Å². The van der Waals surface area contributed by atoms with E-state index in [4.69, 9.17) is 22.3 Å². The zero-order valence-electron chi connectivity index (χ0n) is 10.3. The van der Waals surface area contributed by atoms with Crippen LogP contribution in [0.4, 0.5) is 5.69 Å². The van der Waals surface area contributed by atoms with Crippen LogP contribution in [0.1, 0.15) is 10.5 Å². The number of rotatable bonds is 2. The lowest BCUT2D eigenvalue weighted by Crippen LogP contribution is -2.26. The van der Waals surface area contributed by atoms with Crippen molar-refractivity contribution in [2.45, 2.75) is 0 Å². The summed E-state index contributed by atoms with van der Waals surface area (Å²) in [4.78, 5) is 22.6. The number of nitrogens with two attached hydrogens (primary N) is 3. The van der Waals surface area contributed by atoms with Gasteiger partial charge in [0, 0.05) is 5.39 Å². The largest absolute Gasteiger partial charge is 0.477 e. The third-order valence-corrected chi connectivity index (χ3v) is 2.40. The van der Waals surface area contributed by atoms with Crippen molar-refractivity contribution in [3.63, 3.8) is 0 Å². The standard InChI is InChI=1S/C12H12N6O2/c13-11(14)18-12(15)17-7-3-1-2-6-4-5-8(10(19)20)16-9(6)7/h1-5H,(H,19,20)(H6,13,14,15,17,18). The van der Waals surface area contributed by atoms with Crippen molar-refractivity contribution in [3.05, 3.63) is 36.0 Å². The third kappa shape index (κ3) is 2.80. The van der Waals surface area contributed by atoms with Crippen LogP contribution in [-0.2, 0) is 0 Å². The molecule has 2 aromatic rings. The molecule has 0 spiro atoms. The molecule has 1 aromatic carbocycles. The van der Waals surface area contributed by atoms with Crippen LogP contribution in [0.15, 0.2) is 40.3 Å². The summed E-state index contributed by atoms with van der Waals surface area (Å²) >= 11 is 0. The van der Waals surface area contributed by atoms with Crippen LogP contribution in [0.3, 0.4) is 0 Å². The molecule has 20 heavy (non-hydrogen) atoms. The average molecular weight is 272 g/mol. The monoisotopic (exact) mass is 272 g/mol. The highest BCUT2D eigenvalue weighted by Crippen LogP contribution is 2.24. The Labute approximate surface area is 113 Å². The van der Waals surface area contributed by atoms with Crippen LogP contribution in [0, 0.1) is 0 Å². The number of pyridine rings is 1. The van der Waals surface area contributed by atoms with Gasteiger partial charge in [-0.3, -0.25) is 0 Å². The van der Waals surface area contributed by atoms with Crippen molar-refractivity contribution in [1.82, 2.24) is 4.98 Å². The van der Waals surface area contributed by atoms with E-state index in [1.165, 1.54) is 6.07 Å². The van der Waals surface area contributed by atoms with E-state index < -0.39 is 5.97 Å². The molecule has 0 saturated heterocycles. The maximum Gasteiger partial charge on any atom is 0.354 e. The van der Waals surface area contributed by atoms with Gasteiger partial charge in [0.2, 0.25) is 5.96 Å². The average Bonchev–Trinajstić information content (AvgIpc) is 2.37.